The Morgan fingerprint density at radius 2 is 2.07 bits per heavy atom. The van der Waals surface area contributed by atoms with Gasteiger partial charge in [-0.15, -0.1) is 0 Å². The van der Waals surface area contributed by atoms with E-state index in [-0.39, 0.29) is 21.5 Å². The number of aryl methyl sites for hydroxylation is 1. The first-order chi connectivity index (χ1) is 14.4. The Balaban J connectivity index is 1.67. The summed E-state index contributed by atoms with van der Waals surface area (Å²) in [5.74, 6) is 0.363. The van der Waals surface area contributed by atoms with E-state index in [1.165, 1.54) is 23.9 Å². The maximum atomic E-state index is 11.0. The minimum Gasteiger partial charge on any atom is -0.506 e. The largest absolute Gasteiger partial charge is 0.506 e. The number of oxazole rings is 1. The first-order valence-electron chi connectivity index (χ1n) is 9.15. The maximum absolute atomic E-state index is 11.0. The van der Waals surface area contributed by atoms with Crippen LogP contribution in [0.2, 0.25) is 0 Å². The number of benzene rings is 3. The first kappa shape index (κ1) is 19.8. The molecular weight excluding hydrogens is 450 g/mol. The molecule has 0 atom stereocenters. The highest BCUT2D eigenvalue weighted by Gasteiger charge is 2.14. The van der Waals surface area contributed by atoms with E-state index < -0.39 is 4.92 Å². The predicted molar refractivity (Wildman–Crippen MR) is 119 cm³/mol. The Bertz CT molecular complexity index is 1300. The van der Waals surface area contributed by atoms with Gasteiger partial charge in [-0.2, -0.15) is 0 Å². The topological polar surface area (TPSA) is 102 Å². The molecule has 150 valence electrons. The Kier molecular flexibility index (Phi) is 5.33. The van der Waals surface area contributed by atoms with Gasteiger partial charge in [-0.05, 0) is 58.2 Å². The van der Waals surface area contributed by atoms with Gasteiger partial charge in [0.1, 0.15) is 11.3 Å². The van der Waals surface area contributed by atoms with Gasteiger partial charge >= 0.3 is 0 Å². The minimum atomic E-state index is -0.528. The van der Waals surface area contributed by atoms with Crippen LogP contribution in [-0.4, -0.2) is 21.2 Å². The fourth-order valence-electron chi connectivity index (χ4n) is 2.99. The van der Waals surface area contributed by atoms with Crippen LogP contribution in [0.25, 0.3) is 22.6 Å². The van der Waals surface area contributed by atoms with Crippen LogP contribution in [0.5, 0.6) is 5.75 Å². The molecule has 0 unspecified atom stereocenters. The minimum absolute atomic E-state index is 0.119. The van der Waals surface area contributed by atoms with Crippen molar-refractivity contribution in [3.05, 3.63) is 80.3 Å². The summed E-state index contributed by atoms with van der Waals surface area (Å²) >= 11 is 3.12. The summed E-state index contributed by atoms with van der Waals surface area (Å²) in [7, 11) is 0. The Labute approximate surface area is 180 Å². The summed E-state index contributed by atoms with van der Waals surface area (Å²) in [6, 6.07) is 15.7. The molecule has 1 heterocycles. The van der Waals surface area contributed by atoms with E-state index in [0.717, 1.165) is 17.5 Å². The van der Waals surface area contributed by atoms with Crippen LogP contribution < -0.4 is 0 Å². The number of phenolic OH excluding ortho intramolecular Hbond substituents is 1. The van der Waals surface area contributed by atoms with Gasteiger partial charge in [-0.25, -0.2) is 4.98 Å². The summed E-state index contributed by atoms with van der Waals surface area (Å²) in [5.41, 5.74) is 4.12. The zero-order valence-corrected chi connectivity index (χ0v) is 17.5. The van der Waals surface area contributed by atoms with Crippen molar-refractivity contribution in [1.82, 2.24) is 4.98 Å². The zero-order chi connectivity index (χ0) is 21.3. The molecule has 0 fully saturated rings. The highest BCUT2D eigenvalue weighted by atomic mass is 79.9. The van der Waals surface area contributed by atoms with E-state index in [1.54, 1.807) is 12.1 Å². The molecule has 0 amide bonds. The lowest BCUT2D eigenvalue weighted by Crippen LogP contribution is -1.91. The molecule has 3 aromatic carbocycles. The number of halogens is 1. The third kappa shape index (κ3) is 3.95. The van der Waals surface area contributed by atoms with Crippen molar-refractivity contribution < 1.29 is 14.4 Å². The second-order valence-electron chi connectivity index (χ2n) is 6.61. The number of nitro benzene ring substituents is 1. The maximum Gasteiger partial charge on any atom is 0.271 e. The Hall–Kier alpha value is -3.52. The second-order valence-corrected chi connectivity index (χ2v) is 7.46. The number of nitro groups is 1. The van der Waals surface area contributed by atoms with Gasteiger partial charge in [0.05, 0.1) is 15.1 Å². The van der Waals surface area contributed by atoms with E-state index >= 15 is 0 Å². The molecule has 7 nitrogen and oxygen atoms in total. The van der Waals surface area contributed by atoms with Crippen molar-refractivity contribution in [1.29, 1.82) is 0 Å². The monoisotopic (exact) mass is 465 g/mol. The molecule has 0 aliphatic rings. The number of rotatable bonds is 5. The molecule has 0 saturated heterocycles. The van der Waals surface area contributed by atoms with Crippen molar-refractivity contribution in [2.24, 2.45) is 4.99 Å². The van der Waals surface area contributed by atoms with Gasteiger partial charge < -0.3 is 9.52 Å². The van der Waals surface area contributed by atoms with Crippen molar-refractivity contribution in [3.8, 4) is 17.2 Å². The van der Waals surface area contributed by atoms with Crippen LogP contribution in [-0.2, 0) is 6.42 Å². The third-order valence-corrected chi connectivity index (χ3v) is 5.20. The molecule has 4 rings (SSSR count). The number of hydrogen-bond acceptors (Lipinski definition) is 6. The van der Waals surface area contributed by atoms with Gasteiger partial charge in [-0.1, -0.05) is 19.1 Å². The second kappa shape index (κ2) is 8.08. The van der Waals surface area contributed by atoms with Crippen molar-refractivity contribution in [2.75, 3.05) is 0 Å². The first-order valence-corrected chi connectivity index (χ1v) is 9.95. The third-order valence-electron chi connectivity index (χ3n) is 4.59. The van der Waals surface area contributed by atoms with Gasteiger partial charge in [-0.3, -0.25) is 15.1 Å². The lowest BCUT2D eigenvalue weighted by atomic mass is 10.1. The summed E-state index contributed by atoms with van der Waals surface area (Å²) in [6.45, 7) is 2.08. The van der Waals surface area contributed by atoms with E-state index in [1.807, 2.05) is 30.3 Å². The number of aromatic nitrogens is 1. The normalized spacial score (nSPS) is 11.4. The molecule has 4 aromatic rings. The van der Waals surface area contributed by atoms with Gasteiger partial charge in [0.15, 0.2) is 5.58 Å². The van der Waals surface area contributed by atoms with Crippen LogP contribution in [0.4, 0.5) is 11.4 Å². The average Bonchev–Trinajstić information content (AvgIpc) is 3.18. The van der Waals surface area contributed by atoms with E-state index in [4.69, 9.17) is 4.42 Å². The van der Waals surface area contributed by atoms with Crippen LogP contribution in [0.3, 0.4) is 0 Å². The lowest BCUT2D eigenvalue weighted by Gasteiger charge is -2.02. The molecule has 0 spiro atoms. The smallest absolute Gasteiger partial charge is 0.271 e. The summed E-state index contributed by atoms with van der Waals surface area (Å²) in [5, 5.41) is 21.2. The summed E-state index contributed by atoms with van der Waals surface area (Å²) in [6.07, 6.45) is 2.30. The average molecular weight is 466 g/mol. The molecule has 0 saturated carbocycles. The lowest BCUT2D eigenvalue weighted by molar-refractivity contribution is -0.385. The van der Waals surface area contributed by atoms with E-state index in [2.05, 4.69) is 32.8 Å². The molecule has 0 aliphatic heterocycles. The van der Waals surface area contributed by atoms with Crippen LogP contribution in [0.15, 0.2) is 68.5 Å². The SMILES string of the molecule is CCc1ccc2oc(-c3cccc(N=Cc4cc([N+](=O)[O-])cc(Br)c4O)c3)nc2c1. The highest BCUT2D eigenvalue weighted by Crippen LogP contribution is 2.32. The standard InChI is InChI=1S/C22H16BrN3O4/c1-2-13-6-7-20-19(8-13)25-22(30-20)14-4-3-5-16(9-14)24-12-15-10-17(26(28)29)11-18(23)21(15)27/h3-12,27H,2H2,1H3. The summed E-state index contributed by atoms with van der Waals surface area (Å²) < 4.78 is 6.09. The number of nitrogens with zero attached hydrogens (tertiary/aromatic N) is 3. The van der Waals surface area contributed by atoms with Gasteiger partial charge in [0.25, 0.3) is 5.69 Å². The van der Waals surface area contributed by atoms with Crippen molar-refractivity contribution in [2.45, 2.75) is 13.3 Å². The molecule has 8 heteroatoms. The van der Waals surface area contributed by atoms with E-state index in [9.17, 15) is 15.2 Å². The van der Waals surface area contributed by atoms with Crippen molar-refractivity contribution >= 4 is 44.6 Å². The van der Waals surface area contributed by atoms with Crippen molar-refractivity contribution in [3.63, 3.8) is 0 Å². The molecule has 30 heavy (non-hydrogen) atoms. The quantitative estimate of drug-likeness (QED) is 0.215. The van der Waals surface area contributed by atoms with Crippen LogP contribution in [0.1, 0.15) is 18.1 Å². The molecule has 0 bridgehead atoms. The molecule has 1 N–H and O–H groups in total. The van der Waals surface area contributed by atoms with E-state index in [0.29, 0.717) is 17.2 Å². The number of aliphatic imine (C=N–C) groups is 1. The molecular formula is C22H16BrN3O4. The Morgan fingerprint density at radius 1 is 1.23 bits per heavy atom. The number of hydrogen-bond donors (Lipinski definition) is 1. The fraction of sp³-hybridized carbons (Fsp3) is 0.0909. The highest BCUT2D eigenvalue weighted by molar-refractivity contribution is 9.10. The predicted octanol–water partition coefficient (Wildman–Crippen LogP) is 6.18. The van der Waals surface area contributed by atoms with Gasteiger partial charge in [0.2, 0.25) is 5.89 Å². The van der Waals surface area contributed by atoms with Gasteiger partial charge in [0, 0.05) is 29.5 Å². The number of phenols is 1. The van der Waals surface area contributed by atoms with Crippen LogP contribution in [0, 0.1) is 10.1 Å². The number of fused-ring (bicyclic) bond motifs is 1. The molecule has 0 aliphatic carbocycles. The fourth-order valence-corrected chi connectivity index (χ4v) is 3.45. The Morgan fingerprint density at radius 3 is 2.83 bits per heavy atom. The van der Waals surface area contributed by atoms with Crippen LogP contribution >= 0.6 is 15.9 Å². The molecule has 1 aromatic heterocycles. The number of non-ortho nitro benzene ring substituents is 1. The molecule has 0 radical (unpaired) electrons. The zero-order valence-electron chi connectivity index (χ0n) is 15.9. The number of aromatic hydroxyl groups is 1. The summed E-state index contributed by atoms with van der Waals surface area (Å²) in [4.78, 5) is 19.4.